The topological polar surface area (TPSA) is 18.5 Å². The first kappa shape index (κ1) is 13.4. The summed E-state index contributed by atoms with van der Waals surface area (Å²) in [5.41, 5.74) is 2.64. The smallest absolute Gasteiger partial charge is 0.171 e. The monoisotopic (exact) mass is 260 g/mol. The van der Waals surface area contributed by atoms with Crippen LogP contribution in [0.15, 0.2) is 36.4 Å². The van der Waals surface area contributed by atoms with Crippen molar-refractivity contribution in [3.05, 3.63) is 58.9 Å². The normalized spacial score (nSPS) is 10.3. The summed E-state index contributed by atoms with van der Waals surface area (Å²) in [4.78, 5) is 0. The standard InChI is InChI=1S/C16H17FO2/c1-11-7-8-12(2)15(9-11)19-10-13-5-4-6-14(18-3)16(13)17/h4-9H,10H2,1-3H3. The van der Waals surface area contributed by atoms with Crippen LogP contribution in [0.3, 0.4) is 0 Å². The number of ether oxygens (including phenoxy) is 2. The largest absolute Gasteiger partial charge is 0.494 e. The van der Waals surface area contributed by atoms with Crippen LogP contribution in [0.5, 0.6) is 11.5 Å². The van der Waals surface area contributed by atoms with E-state index in [-0.39, 0.29) is 18.2 Å². The summed E-state index contributed by atoms with van der Waals surface area (Å²) in [6.45, 7) is 4.16. The summed E-state index contributed by atoms with van der Waals surface area (Å²) in [5.74, 6) is 0.652. The van der Waals surface area contributed by atoms with E-state index in [1.165, 1.54) is 7.11 Å². The van der Waals surface area contributed by atoms with Crippen molar-refractivity contribution >= 4 is 0 Å². The quantitative estimate of drug-likeness (QED) is 0.826. The second kappa shape index (κ2) is 5.74. The number of aryl methyl sites for hydroxylation is 2. The van der Waals surface area contributed by atoms with Crippen molar-refractivity contribution < 1.29 is 13.9 Å². The van der Waals surface area contributed by atoms with Gasteiger partial charge in [-0.25, -0.2) is 4.39 Å². The Balaban J connectivity index is 2.17. The van der Waals surface area contributed by atoms with Crippen molar-refractivity contribution in [2.75, 3.05) is 7.11 Å². The van der Waals surface area contributed by atoms with Crippen LogP contribution in [-0.2, 0) is 6.61 Å². The van der Waals surface area contributed by atoms with Gasteiger partial charge in [0.1, 0.15) is 12.4 Å². The molecule has 0 heterocycles. The number of benzene rings is 2. The van der Waals surface area contributed by atoms with Gasteiger partial charge in [0.25, 0.3) is 0 Å². The van der Waals surface area contributed by atoms with Crippen LogP contribution in [0.25, 0.3) is 0 Å². The zero-order valence-corrected chi connectivity index (χ0v) is 11.4. The maximum atomic E-state index is 14.0. The van der Waals surface area contributed by atoms with Crippen LogP contribution in [0.2, 0.25) is 0 Å². The Hall–Kier alpha value is -2.03. The summed E-state index contributed by atoms with van der Waals surface area (Å²) >= 11 is 0. The highest BCUT2D eigenvalue weighted by Crippen LogP contribution is 2.24. The fourth-order valence-corrected chi connectivity index (χ4v) is 1.84. The summed E-state index contributed by atoms with van der Waals surface area (Å²) in [7, 11) is 1.45. The molecule has 0 saturated heterocycles. The lowest BCUT2D eigenvalue weighted by molar-refractivity contribution is 0.293. The molecule has 0 aliphatic rings. The van der Waals surface area contributed by atoms with E-state index in [4.69, 9.17) is 9.47 Å². The molecule has 0 radical (unpaired) electrons. The molecular formula is C16H17FO2. The highest BCUT2D eigenvalue weighted by atomic mass is 19.1. The highest BCUT2D eigenvalue weighted by molar-refractivity contribution is 5.37. The van der Waals surface area contributed by atoms with Crippen molar-refractivity contribution in [1.29, 1.82) is 0 Å². The van der Waals surface area contributed by atoms with Gasteiger partial charge in [-0.15, -0.1) is 0 Å². The molecule has 0 fully saturated rings. The van der Waals surface area contributed by atoms with Gasteiger partial charge in [-0.05, 0) is 37.1 Å². The van der Waals surface area contributed by atoms with Crippen LogP contribution < -0.4 is 9.47 Å². The summed E-state index contributed by atoms with van der Waals surface area (Å²) in [6.07, 6.45) is 0. The number of rotatable bonds is 4. The van der Waals surface area contributed by atoms with Gasteiger partial charge >= 0.3 is 0 Å². The number of methoxy groups -OCH3 is 1. The molecule has 0 saturated carbocycles. The lowest BCUT2D eigenvalue weighted by atomic mass is 10.1. The van der Waals surface area contributed by atoms with Gasteiger partial charge in [0.2, 0.25) is 0 Å². The Kier molecular flexibility index (Phi) is 4.05. The minimum atomic E-state index is -0.365. The lowest BCUT2D eigenvalue weighted by Gasteiger charge is -2.11. The fourth-order valence-electron chi connectivity index (χ4n) is 1.84. The lowest BCUT2D eigenvalue weighted by Crippen LogP contribution is -2.01. The minimum Gasteiger partial charge on any atom is -0.494 e. The third kappa shape index (κ3) is 3.05. The van der Waals surface area contributed by atoms with E-state index in [0.29, 0.717) is 5.56 Å². The maximum Gasteiger partial charge on any atom is 0.171 e. The summed E-state index contributed by atoms with van der Waals surface area (Å²) in [6, 6.07) is 11.0. The van der Waals surface area contributed by atoms with Gasteiger partial charge in [0, 0.05) is 5.56 Å². The maximum absolute atomic E-state index is 14.0. The van der Waals surface area contributed by atoms with Crippen LogP contribution in [0.4, 0.5) is 4.39 Å². The molecule has 2 nitrogen and oxygen atoms in total. The van der Waals surface area contributed by atoms with E-state index < -0.39 is 0 Å². The molecule has 0 unspecified atom stereocenters. The Morgan fingerprint density at radius 1 is 1.05 bits per heavy atom. The molecule has 2 rings (SSSR count). The molecule has 0 aliphatic carbocycles. The Morgan fingerprint density at radius 2 is 1.84 bits per heavy atom. The molecule has 0 aliphatic heterocycles. The highest BCUT2D eigenvalue weighted by Gasteiger charge is 2.09. The van der Waals surface area contributed by atoms with E-state index in [2.05, 4.69) is 0 Å². The Labute approximate surface area is 112 Å². The molecule has 3 heteroatoms. The van der Waals surface area contributed by atoms with Crippen molar-refractivity contribution in [2.45, 2.75) is 20.5 Å². The third-order valence-electron chi connectivity index (χ3n) is 2.99. The van der Waals surface area contributed by atoms with E-state index >= 15 is 0 Å². The SMILES string of the molecule is COc1cccc(COc2cc(C)ccc2C)c1F. The average Bonchev–Trinajstić information content (AvgIpc) is 2.41. The van der Waals surface area contributed by atoms with Crippen molar-refractivity contribution in [2.24, 2.45) is 0 Å². The van der Waals surface area contributed by atoms with E-state index in [9.17, 15) is 4.39 Å². The van der Waals surface area contributed by atoms with E-state index in [1.807, 2.05) is 32.0 Å². The predicted octanol–water partition coefficient (Wildman–Crippen LogP) is 4.03. The van der Waals surface area contributed by atoms with Gasteiger partial charge in [-0.2, -0.15) is 0 Å². The second-order valence-electron chi connectivity index (χ2n) is 4.49. The molecular weight excluding hydrogens is 243 g/mol. The molecule has 0 aromatic heterocycles. The van der Waals surface area contributed by atoms with Gasteiger partial charge < -0.3 is 9.47 Å². The van der Waals surface area contributed by atoms with Gasteiger partial charge in [0.15, 0.2) is 11.6 Å². The van der Waals surface area contributed by atoms with Crippen molar-refractivity contribution in [3.8, 4) is 11.5 Å². The van der Waals surface area contributed by atoms with Gasteiger partial charge in [0.05, 0.1) is 7.11 Å². The first-order chi connectivity index (χ1) is 9.11. The molecule has 0 N–H and O–H groups in total. The minimum absolute atomic E-state index is 0.188. The summed E-state index contributed by atoms with van der Waals surface area (Å²) in [5, 5.41) is 0. The molecule has 2 aromatic carbocycles. The van der Waals surface area contributed by atoms with Crippen LogP contribution >= 0.6 is 0 Å². The second-order valence-corrected chi connectivity index (χ2v) is 4.49. The zero-order chi connectivity index (χ0) is 13.8. The third-order valence-corrected chi connectivity index (χ3v) is 2.99. The molecule has 0 spiro atoms. The Bertz CT molecular complexity index is 579. The van der Waals surface area contributed by atoms with Crippen LogP contribution in [0, 0.1) is 19.7 Å². The van der Waals surface area contributed by atoms with Gasteiger partial charge in [-0.1, -0.05) is 24.3 Å². The first-order valence-electron chi connectivity index (χ1n) is 6.13. The molecule has 2 aromatic rings. The first-order valence-corrected chi connectivity index (χ1v) is 6.13. The summed E-state index contributed by atoms with van der Waals surface area (Å²) < 4.78 is 24.6. The van der Waals surface area contributed by atoms with Crippen LogP contribution in [-0.4, -0.2) is 7.11 Å². The van der Waals surface area contributed by atoms with Gasteiger partial charge in [-0.3, -0.25) is 0 Å². The number of hydrogen-bond donors (Lipinski definition) is 0. The number of halogens is 1. The molecule has 19 heavy (non-hydrogen) atoms. The molecule has 100 valence electrons. The molecule has 0 bridgehead atoms. The fraction of sp³-hybridized carbons (Fsp3) is 0.250. The van der Waals surface area contributed by atoms with E-state index in [0.717, 1.165) is 16.9 Å². The van der Waals surface area contributed by atoms with Crippen LogP contribution in [0.1, 0.15) is 16.7 Å². The predicted molar refractivity (Wildman–Crippen MR) is 73.2 cm³/mol. The number of hydrogen-bond acceptors (Lipinski definition) is 2. The average molecular weight is 260 g/mol. The molecule has 0 amide bonds. The van der Waals surface area contributed by atoms with Crippen molar-refractivity contribution in [1.82, 2.24) is 0 Å². The van der Waals surface area contributed by atoms with E-state index in [1.54, 1.807) is 18.2 Å². The zero-order valence-electron chi connectivity index (χ0n) is 11.4. The Morgan fingerprint density at radius 3 is 2.58 bits per heavy atom. The van der Waals surface area contributed by atoms with Crippen molar-refractivity contribution in [3.63, 3.8) is 0 Å². The molecule has 0 atom stereocenters.